The summed E-state index contributed by atoms with van der Waals surface area (Å²) in [5.41, 5.74) is -11.3. The molecule has 0 aromatic carbocycles. The van der Waals surface area contributed by atoms with E-state index in [9.17, 15) is 19.6 Å². The zero-order valence-electron chi connectivity index (χ0n) is 56.3. The van der Waals surface area contributed by atoms with E-state index in [2.05, 4.69) is 55.4 Å². The standard InChI is InChI=1S/4C16H35O2PS2.Mo/c4*1-3-5-7-9-11-13-15-18-19(17,20)21-16-14-12-10-8-6-4-2;/h4*3-16H2,1-2H3,(H,17,20);/q;;;;+4/p-4. The second kappa shape index (κ2) is 79.1. The average molecular weight is 1510 g/mol. The molecule has 0 aliphatic carbocycles. The zero-order valence-corrected chi connectivity index (χ0v) is 68.4. The van der Waals surface area contributed by atoms with Gasteiger partial charge in [0.1, 0.15) is 0 Å². The maximum Gasteiger partial charge on any atom is 4.00 e. The normalized spacial score (nSPS) is 14.1. The Morgan fingerprint density at radius 3 is 0.471 bits per heavy atom. The van der Waals surface area contributed by atoms with Crippen molar-refractivity contribution in [3.8, 4) is 0 Å². The summed E-state index contributed by atoms with van der Waals surface area (Å²) in [7, 11) is 0. The Kier molecular flexibility index (Phi) is 91.2. The van der Waals surface area contributed by atoms with Crippen LogP contribution < -0.4 is 19.6 Å². The Morgan fingerprint density at radius 2 is 0.329 bits per heavy atom. The molecule has 0 saturated carbocycles. The van der Waals surface area contributed by atoms with Crippen LogP contribution in [0.1, 0.15) is 364 Å². The van der Waals surface area contributed by atoms with E-state index in [0.29, 0.717) is 26.4 Å². The first-order chi connectivity index (χ1) is 40.5. The molecule has 0 rings (SSSR count). The van der Waals surface area contributed by atoms with Crippen LogP contribution in [0.3, 0.4) is 0 Å². The van der Waals surface area contributed by atoms with Crippen molar-refractivity contribution >= 4 is 116 Å². The molecule has 0 fully saturated rings. The zero-order chi connectivity index (χ0) is 63.3. The third kappa shape index (κ3) is 92.6. The van der Waals surface area contributed by atoms with Gasteiger partial charge in [0.25, 0.3) is 0 Å². The summed E-state index contributed by atoms with van der Waals surface area (Å²) in [5, 5.41) is 0. The van der Waals surface area contributed by atoms with E-state index in [1.807, 2.05) is 0 Å². The second-order valence-electron chi connectivity index (χ2n) is 22.6. The van der Waals surface area contributed by atoms with Crippen molar-refractivity contribution in [2.75, 3.05) is 49.4 Å². The molecule has 0 N–H and O–H groups in total. The fourth-order valence-electron chi connectivity index (χ4n) is 8.62. The van der Waals surface area contributed by atoms with E-state index in [1.165, 1.54) is 277 Å². The van der Waals surface area contributed by atoms with Gasteiger partial charge in [-0.2, -0.15) is 0 Å². The summed E-state index contributed by atoms with van der Waals surface area (Å²) >= 11 is 25.8. The van der Waals surface area contributed by atoms with Crippen LogP contribution >= 0.6 is 68.3 Å². The van der Waals surface area contributed by atoms with E-state index in [-0.39, 0.29) is 21.1 Å². The van der Waals surface area contributed by atoms with Gasteiger partial charge in [0.05, 0.1) is 26.4 Å². The van der Waals surface area contributed by atoms with Gasteiger partial charge in [0, 0.05) is 22.8 Å². The van der Waals surface area contributed by atoms with Gasteiger partial charge < -0.3 is 37.7 Å². The van der Waals surface area contributed by atoms with Gasteiger partial charge >= 0.3 is 21.1 Å². The molecule has 8 nitrogen and oxygen atoms in total. The summed E-state index contributed by atoms with van der Waals surface area (Å²) < 4.78 is 21.7. The van der Waals surface area contributed by atoms with Crippen molar-refractivity contribution in [1.82, 2.24) is 0 Å². The second-order valence-corrected chi connectivity index (χ2v) is 47.3. The molecule has 0 aliphatic heterocycles. The van der Waals surface area contributed by atoms with Crippen LogP contribution in [0.15, 0.2) is 0 Å². The number of hydrogen-bond acceptors (Lipinski definition) is 16. The van der Waals surface area contributed by atoms with Gasteiger partial charge in [-0.25, -0.2) is 0 Å². The largest absolute Gasteiger partial charge is 4.00 e. The number of rotatable bonds is 64. The molecule has 4 atom stereocenters. The van der Waals surface area contributed by atoms with Gasteiger partial charge in [-0.3, -0.25) is 0 Å². The van der Waals surface area contributed by atoms with Crippen molar-refractivity contribution in [2.45, 2.75) is 364 Å². The van der Waals surface area contributed by atoms with Gasteiger partial charge in [0.2, 0.25) is 0 Å². The van der Waals surface area contributed by atoms with Crippen LogP contribution in [0.4, 0.5) is 0 Å². The summed E-state index contributed by atoms with van der Waals surface area (Å²) in [6.07, 6.45) is 59.3. The van der Waals surface area contributed by atoms with Crippen molar-refractivity contribution < 1.29 is 58.7 Å². The summed E-state index contributed by atoms with van der Waals surface area (Å²) in [6.45, 7) is 20.0. The van der Waals surface area contributed by atoms with Crippen molar-refractivity contribution in [2.24, 2.45) is 0 Å². The molecule has 4 unspecified atom stereocenters. The molecule has 0 spiro atoms. The molecular formula is C64H136MoO8P4S8. The number of hydrogen-bond donors (Lipinski definition) is 0. The summed E-state index contributed by atoms with van der Waals surface area (Å²) in [6, 6.07) is 0. The van der Waals surface area contributed by atoms with Gasteiger partial charge in [-0.15, -0.1) is 45.5 Å². The topological polar surface area (TPSA) is 129 Å². The molecule has 0 heterocycles. The minimum atomic E-state index is -2.82. The molecular weight excluding hydrogens is 1370 g/mol. The molecule has 0 radical (unpaired) electrons. The van der Waals surface area contributed by atoms with Crippen LogP contribution in [-0.2, 0) is 86.4 Å². The van der Waals surface area contributed by atoms with E-state index in [0.717, 1.165) is 100 Å². The third-order valence-electron chi connectivity index (χ3n) is 14.0. The molecule has 21 heteroatoms. The Balaban J connectivity index is -0.000000333. The molecule has 0 aromatic rings. The molecule has 0 amide bonds. The first kappa shape index (κ1) is 98.0. The smallest absolute Gasteiger partial charge is 0.793 e. The van der Waals surface area contributed by atoms with Gasteiger partial charge in [-0.1, -0.05) is 359 Å². The van der Waals surface area contributed by atoms with Crippen molar-refractivity contribution in [1.29, 1.82) is 0 Å². The van der Waals surface area contributed by atoms with E-state index >= 15 is 0 Å². The fourth-order valence-corrected chi connectivity index (χ4v) is 22.2. The summed E-state index contributed by atoms with van der Waals surface area (Å²) in [4.78, 5) is 48.2. The van der Waals surface area contributed by atoms with E-state index in [4.69, 9.17) is 65.3 Å². The Bertz CT molecular complexity index is 1180. The van der Waals surface area contributed by atoms with Crippen LogP contribution in [0, 0.1) is 0 Å². The predicted octanol–water partition coefficient (Wildman–Crippen LogP) is 24.2. The SMILES string of the molecule is CCCCCCCCOP([O-])(=S)SCCCCCCCC.CCCCCCCCOP([O-])(=S)SCCCCCCCC.CCCCCCCCOP([O-])(=S)SCCCCCCCC.CCCCCCCCOP([O-])(=S)SCCCCCCCC.[Mo+4]. The average Bonchev–Trinajstić information content (AvgIpc) is 3.50. The van der Waals surface area contributed by atoms with Crippen LogP contribution in [0.2, 0.25) is 0 Å². The van der Waals surface area contributed by atoms with E-state index in [1.54, 1.807) is 0 Å². The molecule has 514 valence electrons. The Morgan fingerprint density at radius 1 is 0.212 bits per heavy atom. The Labute approximate surface area is 581 Å². The number of unbranched alkanes of at least 4 members (excludes halogenated alkanes) is 40. The summed E-state index contributed by atoms with van der Waals surface area (Å²) in [5.74, 6) is 3.51. The first-order valence-corrected chi connectivity index (χ1v) is 51.8. The first-order valence-electron chi connectivity index (χ1n) is 34.9. The van der Waals surface area contributed by atoms with Crippen molar-refractivity contribution in [3.05, 3.63) is 0 Å². The quantitative estimate of drug-likeness (QED) is 0.0325. The molecule has 0 bridgehead atoms. The molecule has 0 aromatic heterocycles. The maximum absolute atomic E-state index is 12.0. The Hall–Kier alpha value is 4.37. The van der Waals surface area contributed by atoms with Crippen molar-refractivity contribution in [3.63, 3.8) is 0 Å². The van der Waals surface area contributed by atoms with Crippen LogP contribution in [-0.4, -0.2) is 49.4 Å². The third-order valence-corrected chi connectivity index (χ3v) is 31.4. The van der Waals surface area contributed by atoms with Crippen LogP contribution in [0.5, 0.6) is 0 Å². The molecule has 0 aliphatic rings. The fraction of sp³-hybridized carbons (Fsp3) is 1.00. The van der Waals surface area contributed by atoms with Gasteiger partial charge in [0.15, 0.2) is 0 Å². The predicted molar refractivity (Wildman–Crippen MR) is 398 cm³/mol. The minimum absolute atomic E-state index is 0. The van der Waals surface area contributed by atoms with Crippen LogP contribution in [0.25, 0.3) is 0 Å². The molecule has 85 heavy (non-hydrogen) atoms. The minimum Gasteiger partial charge on any atom is -0.793 e. The molecule has 0 saturated heterocycles. The monoisotopic (exact) mass is 1510 g/mol. The maximum atomic E-state index is 12.0. The van der Waals surface area contributed by atoms with Gasteiger partial charge in [-0.05, 0) is 74.4 Å². The van der Waals surface area contributed by atoms with E-state index < -0.39 is 22.8 Å².